The van der Waals surface area contributed by atoms with E-state index in [2.05, 4.69) is 90.1 Å². The van der Waals surface area contributed by atoms with E-state index in [1.54, 1.807) is 0 Å². The average Bonchev–Trinajstić information content (AvgIpc) is 3.22. The summed E-state index contributed by atoms with van der Waals surface area (Å²) in [5, 5.41) is 0. The van der Waals surface area contributed by atoms with Crippen molar-refractivity contribution in [1.29, 1.82) is 0 Å². The number of hydrogen-bond acceptors (Lipinski definition) is 3. The van der Waals surface area contributed by atoms with Crippen molar-refractivity contribution in [2.75, 3.05) is 0 Å². The lowest BCUT2D eigenvalue weighted by molar-refractivity contribution is -0.114. The van der Waals surface area contributed by atoms with Gasteiger partial charge in [-0.2, -0.15) is 0 Å². The van der Waals surface area contributed by atoms with Crippen LogP contribution in [-0.2, 0) is 17.6 Å². The molecular weight excluding hydrogens is 416 g/mol. The summed E-state index contributed by atoms with van der Waals surface area (Å²) in [6.07, 6.45) is 6.02. The lowest BCUT2D eigenvalue weighted by atomic mass is 9.72. The molecule has 3 aliphatic rings. The summed E-state index contributed by atoms with van der Waals surface area (Å²) in [5.74, 6) is 0.804. The Labute approximate surface area is 202 Å². The molecular formula is C31H32N2O. The number of aliphatic imine (C=N–C) groups is 2. The number of nitrogens with zero attached hydrogens (tertiary/aromatic N) is 2. The highest BCUT2D eigenvalue weighted by atomic mass is 16.1. The predicted octanol–water partition coefficient (Wildman–Crippen LogP) is 6.82. The molecule has 2 aliphatic carbocycles. The van der Waals surface area contributed by atoms with Gasteiger partial charge in [-0.3, -0.25) is 4.79 Å². The number of Topliss-reactive ketones (excluding diaryl/α,β-unsaturated/α-hetero) is 1. The monoisotopic (exact) mass is 448 g/mol. The number of allylic oxidation sites excluding steroid dienone is 5. The lowest BCUT2D eigenvalue weighted by Crippen LogP contribution is -2.28. The highest BCUT2D eigenvalue weighted by Gasteiger charge is 2.35. The first-order chi connectivity index (χ1) is 16.0. The zero-order chi connectivity index (χ0) is 24.3. The molecule has 0 amide bonds. The molecule has 5 rings (SSSR count). The summed E-state index contributed by atoms with van der Waals surface area (Å²) >= 11 is 0. The van der Waals surface area contributed by atoms with Gasteiger partial charge in [0.15, 0.2) is 11.6 Å². The summed E-state index contributed by atoms with van der Waals surface area (Å²) in [4.78, 5) is 23.6. The minimum Gasteiger partial charge on any atom is -0.289 e. The highest BCUT2D eigenvalue weighted by molar-refractivity contribution is 6.55. The van der Waals surface area contributed by atoms with E-state index in [0.29, 0.717) is 5.82 Å². The van der Waals surface area contributed by atoms with Crippen LogP contribution in [0.5, 0.6) is 0 Å². The van der Waals surface area contributed by atoms with Crippen LogP contribution in [0.2, 0.25) is 0 Å². The summed E-state index contributed by atoms with van der Waals surface area (Å²) in [7, 11) is 0. The smallest absolute Gasteiger partial charge is 0.186 e. The number of carbonyl (C=O) groups is 1. The second-order valence-corrected chi connectivity index (χ2v) is 11.5. The predicted molar refractivity (Wildman–Crippen MR) is 140 cm³/mol. The zero-order valence-corrected chi connectivity index (χ0v) is 21.0. The Morgan fingerprint density at radius 2 is 1.12 bits per heavy atom. The van der Waals surface area contributed by atoms with Crippen molar-refractivity contribution in [2.45, 2.75) is 54.4 Å². The van der Waals surface area contributed by atoms with Gasteiger partial charge in [0.05, 0.1) is 11.4 Å². The number of fused-ring (bicyclic) bond motifs is 7. The first kappa shape index (κ1) is 22.5. The Balaban J connectivity index is 1.77. The standard InChI is InChI=1S/C31H32N2O/c1-30(2,3)24-17-23(18-25(28(24)34)31(4,5)6)29-32-26-21-11-7-9-19(15-21)13-14-20-10-8-12-22(16-20)27(26)33-29/h7-12,15-18H,13-14H2,1-6H3. The first-order valence-corrected chi connectivity index (χ1v) is 12.1. The quantitative estimate of drug-likeness (QED) is 0.436. The van der Waals surface area contributed by atoms with Gasteiger partial charge in [0.25, 0.3) is 0 Å². The Morgan fingerprint density at radius 1 is 0.676 bits per heavy atom. The molecule has 0 aromatic heterocycles. The minimum absolute atomic E-state index is 0.127. The number of aryl methyl sites for hydroxylation is 2. The van der Waals surface area contributed by atoms with Crippen LogP contribution in [0.15, 0.2) is 93.2 Å². The fourth-order valence-corrected chi connectivity index (χ4v) is 4.78. The molecule has 0 atom stereocenters. The molecule has 0 unspecified atom stereocenters. The van der Waals surface area contributed by atoms with E-state index in [4.69, 9.17) is 9.98 Å². The molecule has 2 aromatic rings. The fraction of sp³-hybridized carbons (Fsp3) is 0.323. The molecule has 3 nitrogen and oxygen atoms in total. The van der Waals surface area contributed by atoms with Crippen LogP contribution in [0, 0.1) is 10.8 Å². The van der Waals surface area contributed by atoms with Crippen molar-refractivity contribution in [2.24, 2.45) is 20.8 Å². The Kier molecular flexibility index (Phi) is 5.20. The van der Waals surface area contributed by atoms with Crippen LogP contribution in [0.25, 0.3) is 0 Å². The third-order valence-corrected chi connectivity index (χ3v) is 6.73. The van der Waals surface area contributed by atoms with Crippen LogP contribution < -0.4 is 0 Å². The van der Waals surface area contributed by atoms with E-state index < -0.39 is 0 Å². The van der Waals surface area contributed by atoms with Gasteiger partial charge < -0.3 is 0 Å². The normalized spacial score (nSPS) is 18.1. The van der Waals surface area contributed by atoms with Crippen LogP contribution in [0.1, 0.15) is 63.8 Å². The van der Waals surface area contributed by atoms with Gasteiger partial charge in [-0.15, -0.1) is 0 Å². The second kappa shape index (κ2) is 7.87. The van der Waals surface area contributed by atoms with E-state index in [9.17, 15) is 4.79 Å². The van der Waals surface area contributed by atoms with Crippen LogP contribution in [0.4, 0.5) is 0 Å². The molecule has 3 heteroatoms. The van der Waals surface area contributed by atoms with Crippen molar-refractivity contribution < 1.29 is 4.79 Å². The molecule has 4 bridgehead atoms. The number of ketones is 1. The number of benzene rings is 2. The fourth-order valence-electron chi connectivity index (χ4n) is 4.78. The number of carbonyl (C=O) groups excluding carboxylic acids is 1. The van der Waals surface area contributed by atoms with E-state index >= 15 is 0 Å². The lowest BCUT2D eigenvalue weighted by Gasteiger charge is -2.31. The van der Waals surface area contributed by atoms with Crippen LogP contribution in [0.3, 0.4) is 0 Å². The highest BCUT2D eigenvalue weighted by Crippen LogP contribution is 2.40. The van der Waals surface area contributed by atoms with E-state index in [-0.39, 0.29) is 16.6 Å². The molecule has 2 aromatic carbocycles. The SMILES string of the molecule is CC(C)(C)C1=CC(=C2N=C3C(=N2)c2cccc(c2)CCc2cccc3c2)C=C(C(C)(C)C)C1=O. The maximum atomic E-state index is 13.4. The van der Waals surface area contributed by atoms with Gasteiger partial charge in [0.2, 0.25) is 0 Å². The summed E-state index contributed by atoms with van der Waals surface area (Å²) in [6.45, 7) is 12.6. The van der Waals surface area contributed by atoms with Gasteiger partial charge in [0, 0.05) is 27.8 Å². The van der Waals surface area contributed by atoms with Crippen molar-refractivity contribution in [3.63, 3.8) is 0 Å². The number of hydrogen-bond donors (Lipinski definition) is 0. The van der Waals surface area contributed by atoms with Crippen molar-refractivity contribution >= 4 is 17.2 Å². The molecule has 34 heavy (non-hydrogen) atoms. The van der Waals surface area contributed by atoms with Crippen molar-refractivity contribution in [3.05, 3.63) is 105 Å². The van der Waals surface area contributed by atoms with Crippen molar-refractivity contribution in [3.8, 4) is 0 Å². The molecule has 0 N–H and O–H groups in total. The average molecular weight is 449 g/mol. The summed E-state index contributed by atoms with van der Waals surface area (Å²) < 4.78 is 0. The van der Waals surface area contributed by atoms with E-state index in [1.807, 2.05) is 12.2 Å². The Bertz CT molecular complexity index is 1260. The molecule has 0 radical (unpaired) electrons. The molecule has 1 heterocycles. The summed E-state index contributed by atoms with van der Waals surface area (Å²) in [6, 6.07) is 17.3. The van der Waals surface area contributed by atoms with Crippen molar-refractivity contribution in [1.82, 2.24) is 0 Å². The van der Waals surface area contributed by atoms with E-state index in [1.165, 1.54) is 11.1 Å². The molecule has 0 fully saturated rings. The van der Waals surface area contributed by atoms with Gasteiger partial charge in [-0.1, -0.05) is 77.9 Å². The molecule has 1 aliphatic heterocycles. The molecule has 172 valence electrons. The summed E-state index contributed by atoms with van der Waals surface area (Å²) in [5.41, 5.74) is 8.57. The van der Waals surface area contributed by atoms with Gasteiger partial charge in [0.1, 0.15) is 0 Å². The third kappa shape index (κ3) is 4.04. The Morgan fingerprint density at radius 3 is 1.53 bits per heavy atom. The Hall–Kier alpha value is -3.33. The van der Waals surface area contributed by atoms with E-state index in [0.717, 1.165) is 52.1 Å². The minimum atomic E-state index is -0.271. The molecule has 0 spiro atoms. The van der Waals surface area contributed by atoms with Gasteiger partial charge in [-0.25, -0.2) is 9.98 Å². The maximum Gasteiger partial charge on any atom is 0.186 e. The maximum absolute atomic E-state index is 13.4. The topological polar surface area (TPSA) is 41.8 Å². The van der Waals surface area contributed by atoms with Gasteiger partial charge in [-0.05, 0) is 59.1 Å². The largest absolute Gasteiger partial charge is 0.289 e. The molecule has 0 saturated carbocycles. The third-order valence-electron chi connectivity index (χ3n) is 6.73. The zero-order valence-electron chi connectivity index (χ0n) is 21.0. The van der Waals surface area contributed by atoms with Gasteiger partial charge >= 0.3 is 0 Å². The van der Waals surface area contributed by atoms with Crippen LogP contribution >= 0.6 is 0 Å². The second-order valence-electron chi connectivity index (χ2n) is 11.5. The first-order valence-electron chi connectivity index (χ1n) is 12.1. The number of rotatable bonds is 0. The van der Waals surface area contributed by atoms with Crippen LogP contribution in [-0.4, -0.2) is 17.2 Å². The molecule has 0 saturated heterocycles.